The van der Waals surface area contributed by atoms with E-state index in [1.807, 2.05) is 0 Å². The minimum absolute atomic E-state index is 0. The summed E-state index contributed by atoms with van der Waals surface area (Å²) < 4.78 is 0. The van der Waals surface area contributed by atoms with Crippen molar-refractivity contribution in [2.24, 2.45) is 0 Å². The number of aliphatic carboxylic acids is 2. The number of aliphatic hydroxyl groups is 2. The Morgan fingerprint density at radius 3 is 1.09 bits per heavy atom. The number of carboxylic acid groups (broad SMARTS) is 2. The van der Waals surface area contributed by atoms with Crippen LogP contribution in [0.3, 0.4) is 0 Å². The average Bonchev–Trinajstić information content (AvgIpc) is 1.89. The molecule has 0 bridgehead atoms. The maximum Gasteiger partial charge on any atom is 2.00 e. The van der Waals surface area contributed by atoms with Crippen molar-refractivity contribution in [3.05, 3.63) is 0 Å². The molecule has 0 saturated carbocycles. The van der Waals surface area contributed by atoms with E-state index < -0.39 is 25.2 Å². The van der Waals surface area contributed by atoms with Crippen molar-refractivity contribution >= 4 is 35.0 Å². The number of carbonyl (C=O) groups is 2. The van der Waals surface area contributed by atoms with Crippen molar-refractivity contribution in [2.45, 2.75) is 0 Å². The Hall–Kier alpha value is -0.374. The number of hydrogen-bond donors (Lipinski definition) is 2. The van der Waals surface area contributed by atoms with E-state index in [0.29, 0.717) is 0 Å². The number of carboxylic acids is 2. The minimum Gasteiger partial charge on any atom is -0.548 e. The third kappa shape index (κ3) is 42.6. The largest absolute Gasteiger partial charge is 2.00 e. The molecule has 60 valence electrons. The molecule has 0 radical (unpaired) electrons. The van der Waals surface area contributed by atoms with Gasteiger partial charge in [-0.1, -0.05) is 0 Å². The van der Waals surface area contributed by atoms with Gasteiger partial charge in [0.1, 0.15) is 0 Å². The minimum atomic E-state index is -1.44. The molecule has 0 unspecified atom stereocenters. The summed E-state index contributed by atoms with van der Waals surface area (Å²) in [7, 11) is 0. The monoisotopic (exact) mass is 174 g/mol. The molecule has 0 fully saturated rings. The van der Waals surface area contributed by atoms with Gasteiger partial charge in [0.15, 0.2) is 0 Å². The van der Waals surface area contributed by atoms with Crippen molar-refractivity contribution in [1.29, 1.82) is 0 Å². The first-order chi connectivity index (χ1) is 4.54. The molecule has 6 nitrogen and oxygen atoms in total. The van der Waals surface area contributed by atoms with Gasteiger partial charge < -0.3 is 30.0 Å². The van der Waals surface area contributed by atoms with Crippen LogP contribution in [-0.4, -0.2) is 58.4 Å². The topological polar surface area (TPSA) is 121 Å². The van der Waals surface area contributed by atoms with E-state index in [0.717, 1.165) is 0 Å². The van der Waals surface area contributed by atoms with E-state index >= 15 is 0 Å². The zero-order valence-corrected chi connectivity index (χ0v) is 7.06. The van der Waals surface area contributed by atoms with Crippen molar-refractivity contribution < 1.29 is 30.0 Å². The first kappa shape index (κ1) is 16.9. The fourth-order valence-corrected chi connectivity index (χ4v) is 0. The Labute approximate surface area is 78.6 Å². The summed E-state index contributed by atoms with van der Waals surface area (Å²) >= 11 is 0. The smallest absolute Gasteiger partial charge is 0.548 e. The second-order valence-corrected chi connectivity index (χ2v) is 1.06. The van der Waals surface area contributed by atoms with E-state index in [1.165, 1.54) is 0 Å². The van der Waals surface area contributed by atoms with Crippen LogP contribution >= 0.6 is 0 Å². The Balaban J connectivity index is -0.000000107. The van der Waals surface area contributed by atoms with Gasteiger partial charge in [-0.2, -0.15) is 0 Å². The molecule has 0 rings (SSSR count). The summed E-state index contributed by atoms with van der Waals surface area (Å²) in [5.74, 6) is -2.88. The van der Waals surface area contributed by atoms with Crippen molar-refractivity contribution in [2.75, 3.05) is 13.2 Å². The third-order valence-electron chi connectivity index (χ3n) is 0.258. The fourth-order valence-electron chi connectivity index (χ4n) is 0. The van der Waals surface area contributed by atoms with Gasteiger partial charge in [0.05, 0.1) is 25.2 Å². The molecule has 0 aliphatic heterocycles. The van der Waals surface area contributed by atoms with Gasteiger partial charge in [-0.15, -0.1) is 0 Å². The standard InChI is InChI=1S/2C2H4O3.Mg/c2*3-1-2(4)5;/h2*3H,1H2,(H,4,5);/q;;+2/p-2. The normalized spacial score (nSPS) is 6.73. The molecule has 0 aromatic carbocycles. The Bertz CT molecular complexity index is 99.1. The van der Waals surface area contributed by atoms with E-state index in [2.05, 4.69) is 0 Å². The van der Waals surface area contributed by atoms with Crippen molar-refractivity contribution in [1.82, 2.24) is 0 Å². The average molecular weight is 174 g/mol. The predicted molar refractivity (Wildman–Crippen MR) is 29.9 cm³/mol. The molecule has 0 saturated heterocycles. The van der Waals surface area contributed by atoms with Gasteiger partial charge in [0, 0.05) is 0 Å². The number of aliphatic hydroxyl groups excluding tert-OH is 2. The second kappa shape index (κ2) is 12.3. The number of rotatable bonds is 2. The van der Waals surface area contributed by atoms with E-state index in [-0.39, 0.29) is 23.1 Å². The zero-order valence-electron chi connectivity index (χ0n) is 5.65. The van der Waals surface area contributed by atoms with Crippen LogP contribution in [0.25, 0.3) is 0 Å². The van der Waals surface area contributed by atoms with Crippen LogP contribution in [0.4, 0.5) is 0 Å². The second-order valence-electron chi connectivity index (χ2n) is 1.06. The first-order valence-corrected chi connectivity index (χ1v) is 2.16. The number of hydrogen-bond acceptors (Lipinski definition) is 6. The molecule has 0 spiro atoms. The molecular weight excluding hydrogens is 168 g/mol. The molecule has 0 aliphatic rings. The molecule has 0 atom stereocenters. The molecular formula is C4H6MgO6. The molecule has 0 amide bonds. The maximum absolute atomic E-state index is 9.01. The van der Waals surface area contributed by atoms with Gasteiger partial charge in [0.25, 0.3) is 0 Å². The molecule has 0 aliphatic carbocycles. The van der Waals surface area contributed by atoms with Gasteiger partial charge >= 0.3 is 23.1 Å². The number of carbonyl (C=O) groups excluding carboxylic acids is 2. The van der Waals surface area contributed by atoms with Crippen LogP contribution in [0.5, 0.6) is 0 Å². The summed E-state index contributed by atoms with van der Waals surface area (Å²) in [6, 6.07) is 0. The fraction of sp³-hybridized carbons (Fsp3) is 0.500. The van der Waals surface area contributed by atoms with Crippen molar-refractivity contribution in [3.8, 4) is 0 Å². The first-order valence-electron chi connectivity index (χ1n) is 2.16. The summed E-state index contributed by atoms with van der Waals surface area (Å²) in [5, 5.41) is 33.0. The van der Waals surface area contributed by atoms with Gasteiger partial charge in [-0.3, -0.25) is 0 Å². The van der Waals surface area contributed by atoms with Gasteiger partial charge in [-0.25, -0.2) is 0 Å². The Morgan fingerprint density at radius 1 is 1.00 bits per heavy atom. The van der Waals surface area contributed by atoms with E-state index in [1.54, 1.807) is 0 Å². The molecule has 0 aromatic heterocycles. The van der Waals surface area contributed by atoms with Gasteiger partial charge in [0.2, 0.25) is 0 Å². The van der Waals surface area contributed by atoms with E-state index in [9.17, 15) is 0 Å². The van der Waals surface area contributed by atoms with Crippen LogP contribution in [0, 0.1) is 0 Å². The van der Waals surface area contributed by atoms with Crippen LogP contribution in [0.1, 0.15) is 0 Å². The van der Waals surface area contributed by atoms with Crippen LogP contribution in [-0.2, 0) is 9.59 Å². The van der Waals surface area contributed by atoms with Crippen LogP contribution < -0.4 is 10.2 Å². The molecule has 11 heavy (non-hydrogen) atoms. The van der Waals surface area contributed by atoms with E-state index in [4.69, 9.17) is 30.0 Å². The molecule has 0 aromatic rings. The summed E-state index contributed by atoms with van der Waals surface area (Å²) in [6.45, 7) is -1.78. The molecule has 7 heteroatoms. The maximum atomic E-state index is 9.01. The van der Waals surface area contributed by atoms with Gasteiger partial charge in [-0.05, 0) is 0 Å². The van der Waals surface area contributed by atoms with Crippen LogP contribution in [0.2, 0.25) is 0 Å². The summed E-state index contributed by atoms with van der Waals surface area (Å²) in [6.07, 6.45) is 0. The zero-order chi connectivity index (χ0) is 8.57. The predicted octanol–water partition coefficient (Wildman–Crippen LogP) is -4.92. The quantitative estimate of drug-likeness (QED) is 0.405. The van der Waals surface area contributed by atoms with Crippen molar-refractivity contribution in [3.63, 3.8) is 0 Å². The Morgan fingerprint density at radius 2 is 1.09 bits per heavy atom. The Kier molecular flexibility index (Phi) is 19.0. The molecule has 2 N–H and O–H groups in total. The SMILES string of the molecule is O=C([O-])CO.O=C([O-])CO.[Mg+2]. The van der Waals surface area contributed by atoms with Crippen LogP contribution in [0.15, 0.2) is 0 Å². The summed E-state index contributed by atoms with van der Waals surface area (Å²) in [4.78, 5) is 18.0. The third-order valence-corrected chi connectivity index (χ3v) is 0.258. The summed E-state index contributed by atoms with van der Waals surface area (Å²) in [5.41, 5.74) is 0. The molecule has 0 heterocycles.